The second-order valence-corrected chi connectivity index (χ2v) is 12.8. The van der Waals surface area contributed by atoms with Crippen molar-refractivity contribution >= 4 is 42.5 Å². The minimum atomic E-state index is -1.92. The molecule has 5 rings (SSSR count). The molecule has 0 spiro atoms. The molecule has 0 amide bonds. The topological polar surface area (TPSA) is 146 Å². The molecular weight excluding hydrogens is 663 g/mol. The van der Waals surface area contributed by atoms with E-state index in [0.717, 1.165) is 61.7 Å². The van der Waals surface area contributed by atoms with Crippen molar-refractivity contribution in [1.82, 2.24) is 19.7 Å². The highest BCUT2D eigenvalue weighted by Crippen LogP contribution is 2.36. The van der Waals surface area contributed by atoms with E-state index in [1.54, 1.807) is 10.9 Å². The van der Waals surface area contributed by atoms with Crippen LogP contribution in [0.15, 0.2) is 30.5 Å². The summed E-state index contributed by atoms with van der Waals surface area (Å²) >= 11 is 6.40. The Hall–Kier alpha value is -2.83. The molecule has 16 heteroatoms. The zero-order chi connectivity index (χ0) is 33.6. The highest BCUT2D eigenvalue weighted by atomic mass is 35.5. The number of ether oxygens (including phenoxy) is 6. The van der Waals surface area contributed by atoms with Gasteiger partial charge in [-0.3, -0.25) is 0 Å². The maximum absolute atomic E-state index is 9.26. The molecule has 2 fully saturated rings. The molecule has 3 aromatic rings. The third-order valence-corrected chi connectivity index (χ3v) is 8.82. The average Bonchev–Trinajstić information content (AvgIpc) is 3.75. The van der Waals surface area contributed by atoms with Crippen LogP contribution in [0, 0.1) is 12.3 Å². The minimum Gasteiger partial charge on any atom is -0.491 e. The number of aromatic nitrogens is 4. The van der Waals surface area contributed by atoms with E-state index in [-0.39, 0.29) is 17.6 Å². The Bertz CT molecular complexity index is 1440. The predicted molar refractivity (Wildman–Crippen MR) is 183 cm³/mol. The Morgan fingerprint density at radius 1 is 0.875 bits per heavy atom. The summed E-state index contributed by atoms with van der Waals surface area (Å²) in [4.78, 5) is 32.2. The summed E-state index contributed by atoms with van der Waals surface area (Å²) in [7, 11) is -1.92. The fourth-order valence-electron chi connectivity index (χ4n) is 5.61. The van der Waals surface area contributed by atoms with Gasteiger partial charge < -0.3 is 48.0 Å². The zero-order valence-electron chi connectivity index (χ0n) is 27.0. The smallest absolute Gasteiger partial charge is 0.226 e. The molecule has 2 aliphatic heterocycles. The van der Waals surface area contributed by atoms with Gasteiger partial charge in [0.25, 0.3) is 0 Å². The van der Waals surface area contributed by atoms with Crippen LogP contribution in [0.3, 0.4) is 0 Å². The summed E-state index contributed by atoms with van der Waals surface area (Å²) in [5.74, 6) is 3.96. The molecule has 0 aliphatic carbocycles. The molecular formula is C32H44ClN6O8P. The summed E-state index contributed by atoms with van der Waals surface area (Å²) < 4.78 is 35.4. The van der Waals surface area contributed by atoms with E-state index in [2.05, 4.69) is 42.9 Å². The first-order valence-corrected chi connectivity index (χ1v) is 18.0. The van der Waals surface area contributed by atoms with Crippen LogP contribution in [0.1, 0.15) is 25.5 Å². The molecule has 262 valence electrons. The van der Waals surface area contributed by atoms with Gasteiger partial charge in [-0.15, -0.1) is 6.42 Å². The second-order valence-electron chi connectivity index (χ2n) is 11.2. The van der Waals surface area contributed by atoms with Crippen molar-refractivity contribution in [3.63, 3.8) is 0 Å². The van der Waals surface area contributed by atoms with Gasteiger partial charge in [0.15, 0.2) is 20.3 Å². The maximum atomic E-state index is 9.26. The number of hydrogen-bond acceptors (Lipinski definition) is 13. The van der Waals surface area contributed by atoms with Crippen LogP contribution in [-0.4, -0.2) is 127 Å². The van der Waals surface area contributed by atoms with Crippen LogP contribution < -0.4 is 14.5 Å². The van der Waals surface area contributed by atoms with Gasteiger partial charge >= 0.3 is 0 Å². The van der Waals surface area contributed by atoms with E-state index in [4.69, 9.17) is 46.4 Å². The fraction of sp³-hybridized carbons (Fsp3) is 0.594. The van der Waals surface area contributed by atoms with Gasteiger partial charge in [0.2, 0.25) is 5.28 Å². The molecule has 2 aliphatic rings. The lowest BCUT2D eigenvalue weighted by molar-refractivity contribution is -0.00391. The Labute approximate surface area is 287 Å². The highest BCUT2D eigenvalue weighted by molar-refractivity contribution is 7.45. The van der Waals surface area contributed by atoms with Gasteiger partial charge in [-0.2, -0.15) is 15.1 Å². The normalized spacial score (nSPS) is 18.2. The standard InChI is InChI=1S/C32H44ClN6O8P/c1-2-14-42-15-16-43-17-18-44-19-20-45-21-22-46-26-5-3-25(4-6-26)37-10-12-38(13-11-37)30-28-24-34-39(31(28)36-32(33)35-30)29-8-7-27(47-29)9-23-48(40)41/h1,3-6,24,27,29,40-41H,7-23H2. The number of benzene rings is 1. The third-order valence-electron chi connectivity index (χ3n) is 7.99. The first-order chi connectivity index (χ1) is 23.5. The van der Waals surface area contributed by atoms with E-state index in [1.807, 2.05) is 12.1 Å². The van der Waals surface area contributed by atoms with E-state index in [0.29, 0.717) is 77.7 Å². The number of halogens is 1. The van der Waals surface area contributed by atoms with Gasteiger partial charge in [-0.25, -0.2) is 4.68 Å². The lowest BCUT2D eigenvalue weighted by Gasteiger charge is -2.37. The van der Waals surface area contributed by atoms with Crippen molar-refractivity contribution in [1.29, 1.82) is 0 Å². The van der Waals surface area contributed by atoms with Crippen LogP contribution in [0.25, 0.3) is 11.0 Å². The van der Waals surface area contributed by atoms with Crippen molar-refractivity contribution < 1.29 is 38.2 Å². The quantitative estimate of drug-likeness (QED) is 0.0768. The van der Waals surface area contributed by atoms with Crippen molar-refractivity contribution in [3.8, 4) is 18.1 Å². The summed E-state index contributed by atoms with van der Waals surface area (Å²) in [5, 5.41) is 5.59. The fourth-order valence-corrected chi connectivity index (χ4v) is 6.29. The highest BCUT2D eigenvalue weighted by Gasteiger charge is 2.30. The van der Waals surface area contributed by atoms with Gasteiger partial charge in [0.1, 0.15) is 24.8 Å². The third kappa shape index (κ3) is 10.8. The number of rotatable bonds is 20. The second kappa shape index (κ2) is 19.4. The molecule has 14 nitrogen and oxygen atoms in total. The molecule has 2 N–H and O–H groups in total. The molecule has 4 heterocycles. The monoisotopic (exact) mass is 706 g/mol. The SMILES string of the molecule is C#CCOCCOCCOCCOCCOc1ccc(N2CCN(c3nc(Cl)nc4c3cnn4C3CCC(CCP(O)O)O3)CC2)cc1. The summed E-state index contributed by atoms with van der Waals surface area (Å²) in [6, 6.07) is 8.11. The molecule has 2 atom stereocenters. The number of hydrogen-bond donors (Lipinski definition) is 2. The van der Waals surface area contributed by atoms with E-state index in [9.17, 15) is 9.79 Å². The van der Waals surface area contributed by atoms with E-state index < -0.39 is 8.38 Å². The number of nitrogens with zero attached hydrogens (tertiary/aromatic N) is 6. The summed E-state index contributed by atoms with van der Waals surface area (Å²) in [5.41, 5.74) is 1.76. The molecule has 0 saturated carbocycles. The van der Waals surface area contributed by atoms with Gasteiger partial charge in [-0.1, -0.05) is 5.92 Å². The molecule has 1 aromatic carbocycles. The van der Waals surface area contributed by atoms with Gasteiger partial charge in [0.05, 0.1) is 63.9 Å². The van der Waals surface area contributed by atoms with Gasteiger partial charge in [0, 0.05) is 38.0 Å². The lowest BCUT2D eigenvalue weighted by atomic mass is 10.2. The van der Waals surface area contributed by atoms with Crippen molar-refractivity contribution in [2.24, 2.45) is 0 Å². The maximum Gasteiger partial charge on any atom is 0.226 e. The van der Waals surface area contributed by atoms with Crippen molar-refractivity contribution in [2.45, 2.75) is 31.6 Å². The number of piperazine rings is 1. The first-order valence-electron chi connectivity index (χ1n) is 16.2. The molecule has 0 radical (unpaired) electrons. The number of anilines is 2. The Kier molecular flexibility index (Phi) is 14.7. The van der Waals surface area contributed by atoms with Crippen molar-refractivity contribution in [2.75, 3.05) is 102 Å². The van der Waals surface area contributed by atoms with Crippen LogP contribution in [0.2, 0.25) is 5.28 Å². The molecule has 2 aromatic heterocycles. The molecule has 48 heavy (non-hydrogen) atoms. The zero-order valence-corrected chi connectivity index (χ0v) is 28.6. The number of terminal acetylenes is 1. The average molecular weight is 707 g/mol. The molecule has 0 bridgehead atoms. The Morgan fingerprint density at radius 2 is 1.52 bits per heavy atom. The largest absolute Gasteiger partial charge is 0.491 e. The summed E-state index contributed by atoms with van der Waals surface area (Å²) in [6.45, 7) is 7.32. The first kappa shape index (κ1) is 36.5. The van der Waals surface area contributed by atoms with Crippen LogP contribution in [-0.2, 0) is 23.7 Å². The predicted octanol–water partition coefficient (Wildman–Crippen LogP) is 3.25. The lowest BCUT2D eigenvalue weighted by Crippen LogP contribution is -2.47. The van der Waals surface area contributed by atoms with Crippen molar-refractivity contribution in [3.05, 3.63) is 35.7 Å². The van der Waals surface area contributed by atoms with E-state index >= 15 is 0 Å². The van der Waals surface area contributed by atoms with Crippen LogP contribution >= 0.6 is 20.0 Å². The van der Waals surface area contributed by atoms with Gasteiger partial charge in [-0.05, 0) is 55.1 Å². The number of fused-ring (bicyclic) bond motifs is 1. The Balaban J connectivity index is 1.00. The van der Waals surface area contributed by atoms with Crippen LogP contribution in [0.4, 0.5) is 11.5 Å². The van der Waals surface area contributed by atoms with Crippen LogP contribution in [0.5, 0.6) is 5.75 Å². The molecule has 2 saturated heterocycles. The summed E-state index contributed by atoms with van der Waals surface area (Å²) in [6.07, 6.45) is 9.10. The molecule has 2 unspecified atom stereocenters. The minimum absolute atomic E-state index is 0.0389. The Morgan fingerprint density at radius 3 is 2.19 bits per heavy atom. The van der Waals surface area contributed by atoms with E-state index in [1.165, 1.54) is 0 Å².